The number of alkyl halides is 3. The topological polar surface area (TPSA) is 70.7 Å². The molecule has 0 aliphatic rings. The Morgan fingerprint density at radius 3 is 2.29 bits per heavy atom. The second kappa shape index (κ2) is 10.2. The van der Waals surface area contributed by atoms with Crippen LogP contribution in [0.15, 0.2) is 36.4 Å². The van der Waals surface area contributed by atoms with Crippen molar-refractivity contribution < 1.29 is 27.5 Å². The van der Waals surface area contributed by atoms with Crippen LogP contribution in [0.5, 0.6) is 5.75 Å². The number of rotatable bonds is 7. The molecule has 2 aromatic rings. The monoisotopic (exact) mass is 477 g/mol. The Bertz CT molecular complexity index is 970. The van der Waals surface area contributed by atoms with Gasteiger partial charge in [-0.1, -0.05) is 23.2 Å². The van der Waals surface area contributed by atoms with Gasteiger partial charge in [-0.25, -0.2) is 0 Å². The molecule has 2 aromatic carbocycles. The molecule has 0 saturated heterocycles. The first kappa shape index (κ1) is 24.8. The highest BCUT2D eigenvalue weighted by Crippen LogP contribution is 2.36. The molecule has 168 valence electrons. The normalized spacial score (nSPS) is 12.4. The molecule has 6 nitrogen and oxygen atoms in total. The van der Waals surface area contributed by atoms with Crippen LogP contribution < -0.4 is 15.4 Å². The Kier molecular flexibility index (Phi) is 8.16. The third kappa shape index (κ3) is 6.75. The largest absolute Gasteiger partial charge is 0.495 e. The van der Waals surface area contributed by atoms with Gasteiger partial charge in [0.25, 0.3) is 0 Å². The summed E-state index contributed by atoms with van der Waals surface area (Å²) in [5.74, 6) is -0.790. The van der Waals surface area contributed by atoms with Crippen LogP contribution in [0.1, 0.15) is 12.5 Å². The highest BCUT2D eigenvalue weighted by atomic mass is 35.5. The number of nitrogens with zero attached hydrogens (tertiary/aromatic N) is 1. The van der Waals surface area contributed by atoms with Gasteiger partial charge in [0.2, 0.25) is 11.8 Å². The highest BCUT2D eigenvalue weighted by Gasteiger charge is 2.34. The maximum atomic E-state index is 13.2. The van der Waals surface area contributed by atoms with Crippen molar-refractivity contribution >= 4 is 46.4 Å². The highest BCUT2D eigenvalue weighted by molar-refractivity contribution is 6.31. The van der Waals surface area contributed by atoms with Crippen LogP contribution in [-0.2, 0) is 15.8 Å². The van der Waals surface area contributed by atoms with E-state index in [4.69, 9.17) is 27.9 Å². The van der Waals surface area contributed by atoms with Crippen LogP contribution in [0.25, 0.3) is 0 Å². The zero-order valence-electron chi connectivity index (χ0n) is 16.8. The molecule has 1 atom stereocenters. The predicted octanol–water partition coefficient (Wildman–Crippen LogP) is 4.92. The van der Waals surface area contributed by atoms with Crippen molar-refractivity contribution in [3.63, 3.8) is 0 Å². The first-order chi connectivity index (χ1) is 14.4. The van der Waals surface area contributed by atoms with E-state index in [1.165, 1.54) is 38.1 Å². The lowest BCUT2D eigenvalue weighted by atomic mass is 10.1. The second-order valence-corrected chi connectivity index (χ2v) is 7.53. The van der Waals surface area contributed by atoms with E-state index in [2.05, 4.69) is 10.6 Å². The maximum Gasteiger partial charge on any atom is 0.418 e. The number of hydrogen-bond donors (Lipinski definition) is 2. The van der Waals surface area contributed by atoms with E-state index in [9.17, 15) is 22.8 Å². The fraction of sp³-hybridized carbons (Fsp3) is 0.300. The van der Waals surface area contributed by atoms with Crippen molar-refractivity contribution in [2.75, 3.05) is 31.3 Å². The maximum absolute atomic E-state index is 13.2. The van der Waals surface area contributed by atoms with E-state index in [0.29, 0.717) is 16.5 Å². The van der Waals surface area contributed by atoms with E-state index in [-0.39, 0.29) is 11.6 Å². The fourth-order valence-corrected chi connectivity index (χ4v) is 2.97. The number of carbonyl (C=O) groups excluding carboxylic acids is 2. The summed E-state index contributed by atoms with van der Waals surface area (Å²) in [6.07, 6.45) is -4.70. The van der Waals surface area contributed by atoms with E-state index < -0.39 is 35.3 Å². The summed E-state index contributed by atoms with van der Waals surface area (Å²) in [6.45, 7) is 1.25. The van der Waals surface area contributed by atoms with Gasteiger partial charge < -0.3 is 15.4 Å². The van der Waals surface area contributed by atoms with E-state index in [0.717, 1.165) is 12.1 Å². The van der Waals surface area contributed by atoms with Crippen molar-refractivity contribution in [2.45, 2.75) is 19.1 Å². The minimum atomic E-state index is -4.70. The second-order valence-electron chi connectivity index (χ2n) is 6.66. The van der Waals surface area contributed by atoms with Gasteiger partial charge >= 0.3 is 6.18 Å². The van der Waals surface area contributed by atoms with Crippen LogP contribution >= 0.6 is 23.2 Å². The third-order valence-electron chi connectivity index (χ3n) is 4.41. The molecular formula is C20H20Cl2F3N3O3. The smallest absolute Gasteiger partial charge is 0.418 e. The molecule has 2 N–H and O–H groups in total. The lowest BCUT2D eigenvalue weighted by Gasteiger charge is -2.24. The summed E-state index contributed by atoms with van der Waals surface area (Å²) in [7, 11) is 2.93. The number of halogens is 5. The van der Waals surface area contributed by atoms with Crippen LogP contribution in [0, 0.1) is 0 Å². The van der Waals surface area contributed by atoms with Crippen molar-refractivity contribution in [3.05, 3.63) is 52.0 Å². The lowest BCUT2D eigenvalue weighted by molar-refractivity contribution is -0.137. The van der Waals surface area contributed by atoms with Crippen LogP contribution in [0.3, 0.4) is 0 Å². The quantitative estimate of drug-likeness (QED) is 0.593. The van der Waals surface area contributed by atoms with E-state index in [1.54, 1.807) is 12.1 Å². The Morgan fingerprint density at radius 2 is 1.68 bits per heavy atom. The number of ether oxygens (including phenoxy) is 1. The lowest BCUT2D eigenvalue weighted by Crippen LogP contribution is -2.43. The molecule has 0 radical (unpaired) electrons. The minimum absolute atomic E-state index is 0.108. The number of nitrogens with one attached hydrogen (secondary N) is 2. The van der Waals surface area contributed by atoms with E-state index in [1.807, 2.05) is 0 Å². The SMILES string of the molecule is COc1ccc(Cl)cc1NC(=O)CN(C)C(C)C(=O)Nc1ccc(Cl)cc1C(F)(F)F. The van der Waals surface area contributed by atoms with Crippen LogP contribution in [-0.4, -0.2) is 43.5 Å². The van der Waals surface area contributed by atoms with Gasteiger partial charge in [0.15, 0.2) is 0 Å². The van der Waals surface area contributed by atoms with E-state index >= 15 is 0 Å². The molecule has 1 unspecified atom stereocenters. The van der Waals surface area contributed by atoms with Crippen LogP contribution in [0.2, 0.25) is 10.0 Å². The standard InChI is InChI=1S/C20H20Cl2F3N3O3/c1-11(19(30)27-15-6-4-12(21)8-14(15)20(23,24)25)28(2)10-18(29)26-16-9-13(22)5-7-17(16)31-3/h4-9,11H,10H2,1-3H3,(H,26,29)(H,27,30). The Balaban J connectivity index is 2.05. The third-order valence-corrected chi connectivity index (χ3v) is 4.88. The number of likely N-dealkylation sites (N-methyl/N-ethyl adjacent to an activating group) is 1. The van der Waals surface area contributed by atoms with Gasteiger partial charge in [-0.15, -0.1) is 0 Å². The molecular weight excluding hydrogens is 458 g/mol. The van der Waals surface area contributed by atoms with Gasteiger partial charge in [0, 0.05) is 10.0 Å². The summed E-state index contributed by atoms with van der Waals surface area (Å²) in [5, 5.41) is 5.15. The van der Waals surface area contributed by atoms with Gasteiger partial charge in [0.05, 0.1) is 36.6 Å². The zero-order valence-corrected chi connectivity index (χ0v) is 18.3. The van der Waals surface area contributed by atoms with Crippen molar-refractivity contribution in [3.8, 4) is 5.75 Å². The Hall–Kier alpha value is -2.49. The summed E-state index contributed by atoms with van der Waals surface area (Å²) in [6, 6.07) is 6.83. The molecule has 0 aliphatic carbocycles. The number of hydrogen-bond acceptors (Lipinski definition) is 4. The van der Waals surface area contributed by atoms with Crippen molar-refractivity contribution in [1.82, 2.24) is 4.90 Å². The predicted molar refractivity (Wildman–Crippen MR) is 114 cm³/mol. The number of amides is 2. The summed E-state index contributed by atoms with van der Waals surface area (Å²) >= 11 is 11.6. The molecule has 2 amide bonds. The average Bonchev–Trinajstić information content (AvgIpc) is 2.67. The molecule has 11 heteroatoms. The average molecular weight is 478 g/mol. The van der Waals surface area contributed by atoms with Crippen LogP contribution in [0.4, 0.5) is 24.5 Å². The summed E-state index contributed by atoms with van der Waals surface area (Å²) < 4.78 is 44.8. The molecule has 0 bridgehead atoms. The first-order valence-corrected chi connectivity index (χ1v) is 9.69. The number of methoxy groups -OCH3 is 1. The number of benzene rings is 2. The number of carbonyl (C=O) groups is 2. The molecule has 0 aromatic heterocycles. The Labute approximate surface area is 187 Å². The van der Waals surface area contributed by atoms with Gasteiger partial charge in [-0.3, -0.25) is 14.5 Å². The molecule has 0 heterocycles. The van der Waals surface area contributed by atoms with Crippen molar-refractivity contribution in [2.24, 2.45) is 0 Å². The van der Waals surface area contributed by atoms with Crippen molar-refractivity contribution in [1.29, 1.82) is 0 Å². The van der Waals surface area contributed by atoms with Gasteiger partial charge in [-0.05, 0) is 50.4 Å². The summed E-state index contributed by atoms with van der Waals surface area (Å²) in [4.78, 5) is 26.2. The fourth-order valence-electron chi connectivity index (χ4n) is 2.63. The summed E-state index contributed by atoms with van der Waals surface area (Å²) in [5.41, 5.74) is -1.13. The molecule has 0 aliphatic heterocycles. The Morgan fingerprint density at radius 1 is 1.06 bits per heavy atom. The number of anilines is 2. The molecule has 31 heavy (non-hydrogen) atoms. The van der Waals surface area contributed by atoms with Gasteiger partial charge in [0.1, 0.15) is 5.75 Å². The molecule has 0 spiro atoms. The minimum Gasteiger partial charge on any atom is -0.495 e. The first-order valence-electron chi connectivity index (χ1n) is 8.93. The molecule has 0 fully saturated rings. The van der Waals surface area contributed by atoms with Gasteiger partial charge in [-0.2, -0.15) is 13.2 Å². The molecule has 2 rings (SSSR count). The molecule has 0 saturated carbocycles. The zero-order chi connectivity index (χ0) is 23.3.